The number of fused-ring (bicyclic) bond motifs is 1. The van der Waals surface area contributed by atoms with Crippen LogP contribution in [0, 0.1) is 30.6 Å². The first-order valence-electron chi connectivity index (χ1n) is 8.81. The second kappa shape index (κ2) is 6.87. The molecule has 2 aliphatic heterocycles. The summed E-state index contributed by atoms with van der Waals surface area (Å²) in [6.07, 6.45) is 6.70. The van der Waals surface area contributed by atoms with Gasteiger partial charge in [-0.1, -0.05) is 35.2 Å². The van der Waals surface area contributed by atoms with E-state index in [0.29, 0.717) is 47.1 Å². The summed E-state index contributed by atoms with van der Waals surface area (Å²) in [5.74, 6) is 4.43. The van der Waals surface area contributed by atoms with Gasteiger partial charge in [0, 0.05) is 31.7 Å². The van der Waals surface area contributed by atoms with E-state index in [1.165, 1.54) is 10.6 Å². The monoisotopic (exact) mass is 403 g/mol. The summed E-state index contributed by atoms with van der Waals surface area (Å²) in [4.78, 5) is 19.6. The van der Waals surface area contributed by atoms with Gasteiger partial charge >= 0.3 is 0 Å². The van der Waals surface area contributed by atoms with E-state index in [9.17, 15) is 4.79 Å². The summed E-state index contributed by atoms with van der Waals surface area (Å²) in [6, 6.07) is 6.72. The fraction of sp³-hybridized carbons (Fsp3) is 0.400. The van der Waals surface area contributed by atoms with Gasteiger partial charge in [0.05, 0.1) is 27.8 Å². The Kier molecular flexibility index (Phi) is 4.67. The van der Waals surface area contributed by atoms with E-state index in [4.69, 9.17) is 34.4 Å². The molecule has 1 aromatic heterocycles. The quantitative estimate of drug-likeness (QED) is 0.721. The first kappa shape index (κ1) is 18.4. The van der Waals surface area contributed by atoms with Crippen molar-refractivity contribution in [3.63, 3.8) is 0 Å². The van der Waals surface area contributed by atoms with Gasteiger partial charge in [0.2, 0.25) is 0 Å². The lowest BCUT2D eigenvalue weighted by Crippen LogP contribution is -2.37. The Morgan fingerprint density at radius 3 is 2.93 bits per heavy atom. The van der Waals surface area contributed by atoms with Crippen LogP contribution in [0.2, 0.25) is 10.0 Å². The molecule has 3 heterocycles. The maximum atomic E-state index is 12.9. The molecule has 0 radical (unpaired) electrons. The molecule has 27 heavy (non-hydrogen) atoms. The number of halogens is 2. The highest BCUT2D eigenvalue weighted by Crippen LogP contribution is 2.42. The van der Waals surface area contributed by atoms with Crippen LogP contribution in [-0.2, 0) is 4.74 Å². The van der Waals surface area contributed by atoms with E-state index in [0.717, 1.165) is 13.0 Å². The van der Waals surface area contributed by atoms with Gasteiger partial charge in [0.1, 0.15) is 11.6 Å². The fourth-order valence-electron chi connectivity index (χ4n) is 4.06. The lowest BCUT2D eigenvalue weighted by molar-refractivity contribution is 0.0117. The second-order valence-corrected chi connectivity index (χ2v) is 7.90. The van der Waals surface area contributed by atoms with Crippen LogP contribution < -0.4 is 10.5 Å². The summed E-state index contributed by atoms with van der Waals surface area (Å²) >= 11 is 12.4. The summed E-state index contributed by atoms with van der Waals surface area (Å²) in [5, 5.41) is 0.721. The number of hydrogen-bond acceptors (Lipinski definition) is 4. The van der Waals surface area contributed by atoms with Crippen molar-refractivity contribution in [2.75, 3.05) is 31.2 Å². The molecule has 7 heteroatoms. The normalized spacial score (nSPS) is 24.5. The Morgan fingerprint density at radius 2 is 2.22 bits per heavy atom. The smallest absolute Gasteiger partial charge is 0.260 e. The number of aryl methyl sites for hydroxylation is 1. The molecule has 2 fully saturated rings. The highest BCUT2D eigenvalue weighted by atomic mass is 35.5. The molecule has 2 saturated heterocycles. The Morgan fingerprint density at radius 1 is 1.41 bits per heavy atom. The van der Waals surface area contributed by atoms with Gasteiger partial charge in [-0.3, -0.25) is 9.36 Å². The lowest BCUT2D eigenvalue weighted by atomic mass is 9.75. The molecular formula is C20H19Cl2N3O2. The number of ether oxygens (including phenoxy) is 1. The minimum atomic E-state index is -0.209. The third-order valence-electron chi connectivity index (χ3n) is 5.56. The van der Waals surface area contributed by atoms with E-state index >= 15 is 0 Å². The van der Waals surface area contributed by atoms with Crippen molar-refractivity contribution < 1.29 is 4.74 Å². The summed E-state index contributed by atoms with van der Waals surface area (Å²) < 4.78 is 7.08. The molecule has 0 amide bonds. The van der Waals surface area contributed by atoms with Gasteiger partial charge in [-0.15, -0.1) is 6.42 Å². The first-order chi connectivity index (χ1) is 12.9. The van der Waals surface area contributed by atoms with Crippen LogP contribution in [0.4, 0.5) is 5.82 Å². The SMILES string of the molecule is C#C[C@@]12CCOC[C@@H]1CN(c1cc(=O)n(-c3cccc(Cl)c3Cl)c(C)n1)C2. The molecule has 0 N–H and O–H groups in total. The van der Waals surface area contributed by atoms with Crippen LogP contribution in [0.5, 0.6) is 0 Å². The molecule has 0 unspecified atom stereocenters. The van der Waals surface area contributed by atoms with Crippen LogP contribution in [0.15, 0.2) is 29.1 Å². The van der Waals surface area contributed by atoms with Crippen molar-refractivity contribution in [2.45, 2.75) is 13.3 Å². The van der Waals surface area contributed by atoms with Crippen molar-refractivity contribution in [3.8, 4) is 18.0 Å². The minimum absolute atomic E-state index is 0.206. The highest BCUT2D eigenvalue weighted by molar-refractivity contribution is 6.43. The van der Waals surface area contributed by atoms with Gasteiger partial charge in [0.15, 0.2) is 0 Å². The van der Waals surface area contributed by atoms with Crippen LogP contribution in [0.3, 0.4) is 0 Å². The van der Waals surface area contributed by atoms with E-state index in [1.54, 1.807) is 25.1 Å². The number of benzene rings is 1. The topological polar surface area (TPSA) is 47.4 Å². The first-order valence-corrected chi connectivity index (χ1v) is 9.56. The molecule has 0 saturated carbocycles. The Bertz CT molecular complexity index is 998. The summed E-state index contributed by atoms with van der Waals surface area (Å²) in [7, 11) is 0. The number of aromatic nitrogens is 2. The van der Waals surface area contributed by atoms with Crippen LogP contribution >= 0.6 is 23.2 Å². The molecule has 1 aromatic carbocycles. The van der Waals surface area contributed by atoms with Gasteiger partial charge in [0.25, 0.3) is 5.56 Å². The third kappa shape index (κ3) is 3.02. The number of terminal acetylenes is 1. The van der Waals surface area contributed by atoms with Crippen molar-refractivity contribution in [1.82, 2.24) is 9.55 Å². The number of rotatable bonds is 2. The summed E-state index contributed by atoms with van der Waals surface area (Å²) in [6.45, 7) is 4.53. The van der Waals surface area contributed by atoms with Gasteiger partial charge in [-0.2, -0.15) is 0 Å². The van der Waals surface area contributed by atoms with E-state index < -0.39 is 0 Å². The second-order valence-electron chi connectivity index (χ2n) is 7.11. The number of hydrogen-bond donors (Lipinski definition) is 0. The van der Waals surface area contributed by atoms with Crippen LogP contribution in [0.25, 0.3) is 5.69 Å². The molecule has 0 aliphatic carbocycles. The van der Waals surface area contributed by atoms with Crippen LogP contribution in [0.1, 0.15) is 12.2 Å². The molecular weight excluding hydrogens is 385 g/mol. The third-order valence-corrected chi connectivity index (χ3v) is 6.37. The summed E-state index contributed by atoms with van der Waals surface area (Å²) in [5.41, 5.74) is 0.107. The van der Waals surface area contributed by atoms with Crippen molar-refractivity contribution in [1.29, 1.82) is 0 Å². The lowest BCUT2D eigenvalue weighted by Gasteiger charge is -2.33. The molecule has 2 atom stereocenters. The molecule has 2 aromatic rings. The van der Waals surface area contributed by atoms with E-state index in [-0.39, 0.29) is 16.9 Å². The van der Waals surface area contributed by atoms with Gasteiger partial charge in [-0.25, -0.2) is 4.98 Å². The largest absolute Gasteiger partial charge is 0.381 e. The van der Waals surface area contributed by atoms with Gasteiger partial charge < -0.3 is 9.64 Å². The van der Waals surface area contributed by atoms with Crippen molar-refractivity contribution in [2.24, 2.45) is 11.3 Å². The maximum absolute atomic E-state index is 12.9. The van der Waals surface area contributed by atoms with Gasteiger partial charge in [-0.05, 0) is 25.5 Å². The Hall–Kier alpha value is -2.00. The van der Waals surface area contributed by atoms with Crippen molar-refractivity contribution in [3.05, 3.63) is 50.5 Å². The number of anilines is 1. The number of nitrogens with zero attached hydrogens (tertiary/aromatic N) is 3. The molecule has 140 valence electrons. The Balaban J connectivity index is 1.72. The molecule has 0 spiro atoms. The van der Waals surface area contributed by atoms with E-state index in [2.05, 4.69) is 15.8 Å². The zero-order chi connectivity index (χ0) is 19.2. The van der Waals surface area contributed by atoms with E-state index in [1.807, 2.05) is 0 Å². The minimum Gasteiger partial charge on any atom is -0.381 e. The van der Waals surface area contributed by atoms with Crippen LogP contribution in [-0.4, -0.2) is 35.9 Å². The molecule has 5 nitrogen and oxygen atoms in total. The molecule has 2 aliphatic rings. The zero-order valence-electron chi connectivity index (χ0n) is 14.9. The predicted octanol–water partition coefficient (Wildman–Crippen LogP) is 3.32. The van der Waals surface area contributed by atoms with Crippen molar-refractivity contribution >= 4 is 29.0 Å². The molecule has 0 bridgehead atoms. The predicted molar refractivity (Wildman–Crippen MR) is 107 cm³/mol. The maximum Gasteiger partial charge on any atom is 0.260 e. The fourth-order valence-corrected chi connectivity index (χ4v) is 4.44. The molecule has 4 rings (SSSR count). The highest BCUT2D eigenvalue weighted by Gasteiger charge is 2.47. The zero-order valence-corrected chi connectivity index (χ0v) is 16.4. The average Bonchev–Trinajstić information content (AvgIpc) is 3.05. The standard InChI is InChI=1S/C20H19Cl2N3O2/c1-3-20-7-8-27-11-14(20)10-24(12-20)17-9-18(26)25(13(2)23-17)16-6-4-5-15(21)19(16)22/h1,4-6,9,14H,7-8,10-12H2,2H3/t14-,20-/m0/s1. The average molecular weight is 404 g/mol. The Labute approximate surface area is 167 Å².